The van der Waals surface area contributed by atoms with Gasteiger partial charge < -0.3 is 15.2 Å². The van der Waals surface area contributed by atoms with Gasteiger partial charge in [0.2, 0.25) is 11.8 Å². The van der Waals surface area contributed by atoms with E-state index in [1.807, 2.05) is 35.0 Å². The smallest absolute Gasteiger partial charge is 0.234 e. The number of nitrogens with one attached hydrogen (secondary N) is 2. The third-order valence-corrected chi connectivity index (χ3v) is 5.15. The van der Waals surface area contributed by atoms with Crippen molar-refractivity contribution in [3.05, 3.63) is 71.5 Å². The van der Waals surface area contributed by atoms with E-state index in [4.69, 9.17) is 11.6 Å². The topological polar surface area (TPSA) is 76.0 Å². The lowest BCUT2D eigenvalue weighted by molar-refractivity contribution is -0.114. The molecule has 0 aliphatic carbocycles. The highest BCUT2D eigenvalue weighted by Crippen LogP contribution is 2.21. The summed E-state index contributed by atoms with van der Waals surface area (Å²) in [6, 6.07) is 14.7. The van der Waals surface area contributed by atoms with E-state index in [9.17, 15) is 9.59 Å². The molecule has 3 aromatic rings. The first kappa shape index (κ1) is 20.0. The minimum absolute atomic E-state index is 0.155. The Morgan fingerprint density at radius 2 is 1.86 bits per heavy atom. The summed E-state index contributed by atoms with van der Waals surface area (Å²) in [5.41, 5.74) is 2.24. The van der Waals surface area contributed by atoms with E-state index in [0.717, 1.165) is 10.7 Å². The van der Waals surface area contributed by atoms with Gasteiger partial charge in [0.1, 0.15) is 0 Å². The number of aromatic nitrogens is 2. The maximum Gasteiger partial charge on any atom is 0.234 e. The minimum atomic E-state index is -0.163. The van der Waals surface area contributed by atoms with Crippen LogP contribution in [0.25, 0.3) is 0 Å². The second-order valence-electron chi connectivity index (χ2n) is 6.03. The molecule has 3 rings (SSSR count). The highest BCUT2D eigenvalue weighted by Gasteiger charge is 2.10. The van der Waals surface area contributed by atoms with E-state index in [1.165, 1.54) is 18.7 Å². The Morgan fingerprint density at radius 1 is 1.11 bits per heavy atom. The van der Waals surface area contributed by atoms with Crippen LogP contribution in [-0.2, 0) is 16.1 Å². The lowest BCUT2D eigenvalue weighted by Crippen LogP contribution is -2.15. The lowest BCUT2D eigenvalue weighted by atomic mass is 10.2. The molecule has 1 aromatic heterocycles. The molecule has 2 aromatic carbocycles. The molecule has 0 atom stereocenters. The average molecular weight is 415 g/mol. The number of carbonyl (C=O) groups excluding carboxylic acids is 2. The van der Waals surface area contributed by atoms with Gasteiger partial charge in [0, 0.05) is 35.7 Å². The van der Waals surface area contributed by atoms with Gasteiger partial charge in [-0.25, -0.2) is 4.98 Å². The van der Waals surface area contributed by atoms with E-state index >= 15 is 0 Å². The summed E-state index contributed by atoms with van der Waals surface area (Å²) in [6.45, 7) is 2.02. The first-order chi connectivity index (χ1) is 13.5. The van der Waals surface area contributed by atoms with Gasteiger partial charge in [-0.15, -0.1) is 0 Å². The van der Waals surface area contributed by atoms with Crippen LogP contribution in [0.1, 0.15) is 12.5 Å². The molecular formula is C20H19ClN4O2S. The summed E-state index contributed by atoms with van der Waals surface area (Å²) in [4.78, 5) is 27.8. The monoisotopic (exact) mass is 414 g/mol. The van der Waals surface area contributed by atoms with E-state index in [0.29, 0.717) is 22.9 Å². The predicted molar refractivity (Wildman–Crippen MR) is 113 cm³/mol. The molecule has 0 aliphatic rings. The van der Waals surface area contributed by atoms with Gasteiger partial charge in [-0.3, -0.25) is 9.59 Å². The van der Waals surface area contributed by atoms with Crippen LogP contribution in [0.2, 0.25) is 5.02 Å². The minimum Gasteiger partial charge on any atom is -0.326 e. The normalized spacial score (nSPS) is 10.5. The Labute approximate surface area is 172 Å². The molecule has 0 radical (unpaired) electrons. The Kier molecular flexibility index (Phi) is 6.73. The van der Waals surface area contributed by atoms with Crippen LogP contribution in [0.15, 0.2) is 66.1 Å². The first-order valence-corrected chi connectivity index (χ1v) is 9.92. The Balaban J connectivity index is 1.58. The standard InChI is InChI=1S/C20H19ClN4O2S/c1-14(26)23-16-6-4-7-17(11-16)24-19(27)13-28-20-22-9-10-25(20)12-15-5-2-3-8-18(15)21/h2-11H,12-13H2,1H3,(H,23,26)(H,24,27). The first-order valence-electron chi connectivity index (χ1n) is 8.56. The number of halogens is 1. The second-order valence-corrected chi connectivity index (χ2v) is 7.38. The summed E-state index contributed by atoms with van der Waals surface area (Å²) in [7, 11) is 0. The number of benzene rings is 2. The van der Waals surface area contributed by atoms with Crippen molar-refractivity contribution in [1.82, 2.24) is 9.55 Å². The average Bonchev–Trinajstić information content (AvgIpc) is 3.09. The van der Waals surface area contributed by atoms with E-state index < -0.39 is 0 Å². The molecule has 28 heavy (non-hydrogen) atoms. The fourth-order valence-electron chi connectivity index (χ4n) is 2.57. The summed E-state index contributed by atoms with van der Waals surface area (Å²) >= 11 is 7.57. The number of rotatable bonds is 7. The van der Waals surface area contributed by atoms with Crippen molar-refractivity contribution in [2.45, 2.75) is 18.6 Å². The second kappa shape index (κ2) is 9.43. The molecule has 0 saturated heterocycles. The maximum absolute atomic E-state index is 12.3. The Bertz CT molecular complexity index is 990. The molecule has 6 nitrogen and oxygen atoms in total. The van der Waals surface area contributed by atoms with Gasteiger partial charge in [0.15, 0.2) is 5.16 Å². The molecule has 0 unspecified atom stereocenters. The molecule has 2 amide bonds. The van der Waals surface area contributed by atoms with Crippen LogP contribution in [0, 0.1) is 0 Å². The van der Waals surface area contributed by atoms with Gasteiger partial charge in [0.05, 0.1) is 12.3 Å². The SMILES string of the molecule is CC(=O)Nc1cccc(NC(=O)CSc2nccn2Cc2ccccc2Cl)c1. The number of hydrogen-bond acceptors (Lipinski definition) is 4. The van der Waals surface area contributed by atoms with Crippen LogP contribution < -0.4 is 10.6 Å². The van der Waals surface area contributed by atoms with Crippen molar-refractivity contribution >= 4 is 46.6 Å². The zero-order chi connectivity index (χ0) is 19.9. The third-order valence-electron chi connectivity index (χ3n) is 3.77. The lowest BCUT2D eigenvalue weighted by Gasteiger charge is -2.10. The molecule has 8 heteroatoms. The number of nitrogens with zero attached hydrogens (tertiary/aromatic N) is 2. The fraction of sp³-hybridized carbons (Fsp3) is 0.150. The molecule has 0 fully saturated rings. The van der Waals surface area contributed by atoms with Gasteiger partial charge in [-0.05, 0) is 29.8 Å². The van der Waals surface area contributed by atoms with Crippen LogP contribution in [0.4, 0.5) is 11.4 Å². The third kappa shape index (κ3) is 5.61. The summed E-state index contributed by atoms with van der Waals surface area (Å²) < 4.78 is 1.95. The van der Waals surface area contributed by atoms with Crippen molar-refractivity contribution in [2.75, 3.05) is 16.4 Å². The summed E-state index contributed by atoms with van der Waals surface area (Å²) in [5.74, 6) is -0.106. The largest absolute Gasteiger partial charge is 0.326 e. The molecule has 144 valence electrons. The molecular weight excluding hydrogens is 396 g/mol. The molecule has 1 heterocycles. The molecule has 2 N–H and O–H groups in total. The van der Waals surface area contributed by atoms with Gasteiger partial charge >= 0.3 is 0 Å². The number of carbonyl (C=O) groups is 2. The number of amides is 2. The van der Waals surface area contributed by atoms with Crippen LogP contribution >= 0.6 is 23.4 Å². The number of thioether (sulfide) groups is 1. The Morgan fingerprint density at radius 3 is 2.61 bits per heavy atom. The van der Waals surface area contributed by atoms with Gasteiger partial charge in [-0.2, -0.15) is 0 Å². The highest BCUT2D eigenvalue weighted by molar-refractivity contribution is 7.99. The maximum atomic E-state index is 12.3. The summed E-state index contributed by atoms with van der Waals surface area (Å²) in [5, 5.41) is 6.95. The van der Waals surface area contributed by atoms with Crippen molar-refractivity contribution < 1.29 is 9.59 Å². The predicted octanol–water partition coefficient (Wildman–Crippen LogP) is 4.27. The molecule has 0 aliphatic heterocycles. The van der Waals surface area contributed by atoms with Crippen LogP contribution in [0.5, 0.6) is 0 Å². The molecule has 0 spiro atoms. The quantitative estimate of drug-likeness (QED) is 0.566. The van der Waals surface area contributed by atoms with E-state index in [-0.39, 0.29) is 17.6 Å². The summed E-state index contributed by atoms with van der Waals surface area (Å²) in [6.07, 6.45) is 3.56. The van der Waals surface area contributed by atoms with Crippen LogP contribution in [-0.4, -0.2) is 27.1 Å². The van der Waals surface area contributed by atoms with E-state index in [1.54, 1.807) is 30.5 Å². The number of anilines is 2. The highest BCUT2D eigenvalue weighted by atomic mass is 35.5. The number of imidazole rings is 1. The number of hydrogen-bond donors (Lipinski definition) is 2. The van der Waals surface area contributed by atoms with Crippen molar-refractivity contribution in [3.8, 4) is 0 Å². The van der Waals surface area contributed by atoms with Gasteiger partial charge in [-0.1, -0.05) is 47.6 Å². The zero-order valence-corrected chi connectivity index (χ0v) is 16.8. The van der Waals surface area contributed by atoms with Gasteiger partial charge in [0.25, 0.3) is 0 Å². The Hall–Kier alpha value is -2.77. The van der Waals surface area contributed by atoms with Crippen molar-refractivity contribution in [1.29, 1.82) is 0 Å². The van der Waals surface area contributed by atoms with Crippen molar-refractivity contribution in [3.63, 3.8) is 0 Å². The van der Waals surface area contributed by atoms with Crippen LogP contribution in [0.3, 0.4) is 0 Å². The fourth-order valence-corrected chi connectivity index (χ4v) is 3.53. The molecule has 0 bridgehead atoms. The zero-order valence-electron chi connectivity index (χ0n) is 15.2. The van der Waals surface area contributed by atoms with Crippen molar-refractivity contribution in [2.24, 2.45) is 0 Å². The molecule has 0 saturated carbocycles. The van der Waals surface area contributed by atoms with E-state index in [2.05, 4.69) is 15.6 Å².